The Morgan fingerprint density at radius 3 is 2.70 bits per heavy atom. The number of hydrogen-bond donors (Lipinski definition) is 2. The van der Waals surface area contributed by atoms with Crippen LogP contribution in [0.2, 0.25) is 0 Å². The number of rotatable bonds is 6. The molecule has 1 aromatic rings. The van der Waals surface area contributed by atoms with Crippen molar-refractivity contribution in [2.45, 2.75) is 39.2 Å². The summed E-state index contributed by atoms with van der Waals surface area (Å²) in [5, 5.41) is 11.9. The quantitative estimate of drug-likeness (QED) is 0.792. The number of amides is 1. The van der Waals surface area contributed by atoms with Crippen LogP contribution >= 0.6 is 15.9 Å². The molecule has 1 amide bonds. The first kappa shape index (κ1) is 17.8. The second-order valence-corrected chi connectivity index (χ2v) is 7.72. The van der Waals surface area contributed by atoms with E-state index < -0.39 is 11.4 Å². The molecule has 126 valence electrons. The van der Waals surface area contributed by atoms with Gasteiger partial charge in [0.05, 0.1) is 12.1 Å². The Labute approximate surface area is 145 Å². The molecule has 2 rings (SSSR count). The Hall–Kier alpha value is -1.56. The summed E-state index contributed by atoms with van der Waals surface area (Å²) in [6.07, 6.45) is 1.12. The van der Waals surface area contributed by atoms with E-state index in [1.807, 2.05) is 32.0 Å². The molecule has 0 aliphatic carbocycles. The van der Waals surface area contributed by atoms with E-state index in [0.717, 1.165) is 29.7 Å². The van der Waals surface area contributed by atoms with Crippen molar-refractivity contribution in [3.63, 3.8) is 0 Å². The van der Waals surface area contributed by atoms with Gasteiger partial charge in [0, 0.05) is 30.0 Å². The number of anilines is 1. The van der Waals surface area contributed by atoms with Gasteiger partial charge in [-0.05, 0) is 39.9 Å². The lowest BCUT2D eigenvalue weighted by Crippen LogP contribution is -2.39. The van der Waals surface area contributed by atoms with E-state index in [1.54, 1.807) is 0 Å². The minimum Gasteiger partial charge on any atom is -0.481 e. The fourth-order valence-corrected chi connectivity index (χ4v) is 3.53. The third-order valence-corrected chi connectivity index (χ3v) is 4.69. The fourth-order valence-electron chi connectivity index (χ4n) is 2.99. The van der Waals surface area contributed by atoms with Crippen molar-refractivity contribution < 1.29 is 14.7 Å². The molecule has 0 bridgehead atoms. The van der Waals surface area contributed by atoms with E-state index in [-0.39, 0.29) is 24.8 Å². The second kappa shape index (κ2) is 7.34. The van der Waals surface area contributed by atoms with Crippen LogP contribution in [0.3, 0.4) is 0 Å². The SMILES string of the molecule is CC(C)(CC(=O)O)CC(=O)NC1CCN(c2ccccc2Br)C1. The number of carboxylic acid groups (broad SMARTS) is 1. The van der Waals surface area contributed by atoms with Crippen molar-refractivity contribution in [3.8, 4) is 0 Å². The van der Waals surface area contributed by atoms with Crippen LogP contribution in [-0.4, -0.2) is 36.1 Å². The molecule has 0 spiro atoms. The van der Waals surface area contributed by atoms with Gasteiger partial charge in [-0.25, -0.2) is 0 Å². The van der Waals surface area contributed by atoms with Crippen LogP contribution in [0.5, 0.6) is 0 Å². The molecular formula is C17H23BrN2O3. The zero-order chi connectivity index (χ0) is 17.0. The van der Waals surface area contributed by atoms with Crippen molar-refractivity contribution in [1.29, 1.82) is 0 Å². The zero-order valence-electron chi connectivity index (χ0n) is 13.5. The number of halogens is 1. The van der Waals surface area contributed by atoms with E-state index in [0.29, 0.717) is 0 Å². The maximum Gasteiger partial charge on any atom is 0.303 e. The molecule has 2 N–H and O–H groups in total. The summed E-state index contributed by atoms with van der Waals surface area (Å²) in [7, 11) is 0. The number of carboxylic acids is 1. The smallest absolute Gasteiger partial charge is 0.303 e. The molecule has 0 saturated carbocycles. The Kier molecular flexibility index (Phi) is 5.68. The molecule has 1 saturated heterocycles. The molecule has 1 aliphatic heterocycles. The highest BCUT2D eigenvalue weighted by Crippen LogP contribution is 2.29. The Morgan fingerprint density at radius 2 is 2.04 bits per heavy atom. The van der Waals surface area contributed by atoms with Gasteiger partial charge in [-0.2, -0.15) is 0 Å². The Bertz CT molecular complexity index is 589. The summed E-state index contributed by atoms with van der Waals surface area (Å²) in [6, 6.07) is 8.16. The first-order valence-corrected chi connectivity index (χ1v) is 8.57. The lowest BCUT2D eigenvalue weighted by atomic mass is 9.85. The first-order valence-electron chi connectivity index (χ1n) is 7.77. The summed E-state index contributed by atoms with van der Waals surface area (Å²) in [4.78, 5) is 25.3. The molecule has 6 heteroatoms. The average molecular weight is 383 g/mol. The predicted molar refractivity (Wildman–Crippen MR) is 93.6 cm³/mol. The largest absolute Gasteiger partial charge is 0.481 e. The van der Waals surface area contributed by atoms with Gasteiger partial charge in [-0.1, -0.05) is 26.0 Å². The molecule has 1 unspecified atom stereocenters. The molecule has 1 aliphatic rings. The van der Waals surface area contributed by atoms with Crippen LogP contribution in [0, 0.1) is 5.41 Å². The standard InChI is InChI=1S/C17H23BrN2O3/c1-17(2,10-16(22)23)9-15(21)19-12-7-8-20(11-12)14-6-4-3-5-13(14)18/h3-6,12H,7-11H2,1-2H3,(H,19,21)(H,22,23). The van der Waals surface area contributed by atoms with E-state index in [4.69, 9.17) is 5.11 Å². The van der Waals surface area contributed by atoms with Crippen LogP contribution in [0.15, 0.2) is 28.7 Å². The Balaban J connectivity index is 1.87. The third kappa shape index (κ3) is 5.23. The molecule has 1 aromatic carbocycles. The van der Waals surface area contributed by atoms with Crippen LogP contribution in [-0.2, 0) is 9.59 Å². The third-order valence-electron chi connectivity index (χ3n) is 4.02. The number of benzene rings is 1. The lowest BCUT2D eigenvalue weighted by molar-refractivity contribution is -0.139. The molecular weight excluding hydrogens is 360 g/mol. The van der Waals surface area contributed by atoms with E-state index in [1.165, 1.54) is 0 Å². The van der Waals surface area contributed by atoms with Gasteiger partial charge in [0.2, 0.25) is 5.91 Å². The van der Waals surface area contributed by atoms with Gasteiger partial charge in [-0.15, -0.1) is 0 Å². The van der Waals surface area contributed by atoms with E-state index in [9.17, 15) is 9.59 Å². The number of nitrogens with one attached hydrogen (secondary N) is 1. The minimum absolute atomic E-state index is 0.00578. The number of para-hydroxylation sites is 1. The van der Waals surface area contributed by atoms with Gasteiger partial charge in [0.1, 0.15) is 0 Å². The number of carbonyl (C=O) groups is 2. The number of hydrogen-bond acceptors (Lipinski definition) is 3. The van der Waals surface area contributed by atoms with Crippen LogP contribution < -0.4 is 10.2 Å². The molecule has 1 fully saturated rings. The van der Waals surface area contributed by atoms with E-state index >= 15 is 0 Å². The number of carbonyl (C=O) groups excluding carboxylic acids is 1. The fraction of sp³-hybridized carbons (Fsp3) is 0.529. The Morgan fingerprint density at radius 1 is 1.35 bits per heavy atom. The molecule has 0 aromatic heterocycles. The van der Waals surface area contributed by atoms with Gasteiger partial charge in [-0.3, -0.25) is 9.59 Å². The zero-order valence-corrected chi connectivity index (χ0v) is 15.1. The topological polar surface area (TPSA) is 69.6 Å². The number of nitrogens with zero attached hydrogens (tertiary/aromatic N) is 1. The summed E-state index contributed by atoms with van der Waals surface area (Å²) >= 11 is 3.56. The van der Waals surface area contributed by atoms with Gasteiger partial charge < -0.3 is 15.3 Å². The monoisotopic (exact) mass is 382 g/mol. The summed E-state index contributed by atoms with van der Waals surface area (Å²) in [5.74, 6) is -0.945. The summed E-state index contributed by atoms with van der Waals surface area (Å²) < 4.78 is 1.05. The van der Waals surface area contributed by atoms with Crippen LogP contribution in [0.1, 0.15) is 33.1 Å². The van der Waals surface area contributed by atoms with Gasteiger partial charge in [0.25, 0.3) is 0 Å². The van der Waals surface area contributed by atoms with Crippen LogP contribution in [0.4, 0.5) is 5.69 Å². The predicted octanol–water partition coefficient (Wildman–Crippen LogP) is 3.04. The van der Waals surface area contributed by atoms with Crippen molar-refractivity contribution >= 4 is 33.5 Å². The molecule has 0 radical (unpaired) electrons. The van der Waals surface area contributed by atoms with E-state index in [2.05, 4.69) is 32.2 Å². The molecule has 1 heterocycles. The minimum atomic E-state index is -0.872. The highest BCUT2D eigenvalue weighted by Gasteiger charge is 2.29. The van der Waals surface area contributed by atoms with Crippen molar-refractivity contribution in [1.82, 2.24) is 5.32 Å². The molecule has 23 heavy (non-hydrogen) atoms. The normalized spacial score (nSPS) is 18.0. The number of aliphatic carboxylic acids is 1. The highest BCUT2D eigenvalue weighted by molar-refractivity contribution is 9.10. The molecule has 5 nitrogen and oxygen atoms in total. The first-order chi connectivity index (χ1) is 10.8. The van der Waals surface area contributed by atoms with Crippen LogP contribution in [0.25, 0.3) is 0 Å². The van der Waals surface area contributed by atoms with Crippen molar-refractivity contribution in [3.05, 3.63) is 28.7 Å². The van der Waals surface area contributed by atoms with Crippen molar-refractivity contribution in [2.24, 2.45) is 5.41 Å². The lowest BCUT2D eigenvalue weighted by Gasteiger charge is -2.23. The summed E-state index contributed by atoms with van der Waals surface area (Å²) in [6.45, 7) is 5.28. The maximum absolute atomic E-state index is 12.2. The second-order valence-electron chi connectivity index (χ2n) is 6.86. The average Bonchev–Trinajstić information content (AvgIpc) is 2.84. The highest BCUT2D eigenvalue weighted by atomic mass is 79.9. The van der Waals surface area contributed by atoms with Gasteiger partial charge >= 0.3 is 5.97 Å². The summed E-state index contributed by atoms with van der Waals surface area (Å²) in [5.41, 5.74) is 0.604. The van der Waals surface area contributed by atoms with Gasteiger partial charge in [0.15, 0.2) is 0 Å². The van der Waals surface area contributed by atoms with Crippen molar-refractivity contribution in [2.75, 3.05) is 18.0 Å². The maximum atomic E-state index is 12.2. The molecule has 1 atom stereocenters.